The van der Waals surface area contributed by atoms with Crippen molar-refractivity contribution in [2.75, 3.05) is 6.54 Å². The Bertz CT molecular complexity index is 810. The van der Waals surface area contributed by atoms with Crippen LogP contribution in [0.3, 0.4) is 0 Å². The van der Waals surface area contributed by atoms with Crippen LogP contribution >= 0.6 is 11.8 Å². The Kier molecular flexibility index (Phi) is 6.72. The highest BCUT2D eigenvalue weighted by Crippen LogP contribution is 2.26. The molecule has 1 atom stereocenters. The van der Waals surface area contributed by atoms with Crippen LogP contribution in [-0.2, 0) is 4.79 Å². The highest BCUT2D eigenvalue weighted by atomic mass is 32.2. The average Bonchev–Trinajstić information content (AvgIpc) is 3.03. The Hall–Kier alpha value is -2.08. The fraction of sp³-hybridized carbons (Fsp3) is 0.476. The van der Waals surface area contributed by atoms with E-state index in [1.807, 2.05) is 18.4 Å². The second kappa shape index (κ2) is 9.22. The fourth-order valence-electron chi connectivity index (χ4n) is 3.24. The number of rotatable bonds is 7. The van der Waals surface area contributed by atoms with Gasteiger partial charge in [-0.25, -0.2) is 0 Å². The molecule has 1 heterocycles. The highest BCUT2D eigenvalue weighted by molar-refractivity contribution is 8.00. The maximum absolute atomic E-state index is 12.5. The molecule has 27 heavy (non-hydrogen) atoms. The third-order valence-corrected chi connectivity index (χ3v) is 5.91. The summed E-state index contributed by atoms with van der Waals surface area (Å²) in [6, 6.07) is 8.25. The van der Waals surface area contributed by atoms with Gasteiger partial charge in [0.05, 0.1) is 5.25 Å². The number of carbonyl (C=O) groups is 1. The predicted octanol–water partition coefficient (Wildman–Crippen LogP) is 4.37. The summed E-state index contributed by atoms with van der Waals surface area (Å²) >= 11 is 1.45. The molecule has 1 aromatic heterocycles. The molecule has 6 heteroatoms. The van der Waals surface area contributed by atoms with Crippen LogP contribution in [0.1, 0.15) is 50.4 Å². The topological polar surface area (TPSA) is 59.8 Å². The van der Waals surface area contributed by atoms with E-state index in [-0.39, 0.29) is 11.2 Å². The highest BCUT2D eigenvalue weighted by Gasteiger charge is 2.19. The van der Waals surface area contributed by atoms with E-state index in [1.165, 1.54) is 48.6 Å². The Balaban J connectivity index is 1.59. The van der Waals surface area contributed by atoms with Gasteiger partial charge in [-0.3, -0.25) is 9.36 Å². The summed E-state index contributed by atoms with van der Waals surface area (Å²) in [6.07, 6.45) is 8.23. The summed E-state index contributed by atoms with van der Waals surface area (Å²) in [5.74, 6) is 0.866. The summed E-state index contributed by atoms with van der Waals surface area (Å²) < 4.78 is 2.00. The van der Waals surface area contributed by atoms with Gasteiger partial charge in [-0.2, -0.15) is 0 Å². The molecule has 0 saturated heterocycles. The maximum atomic E-state index is 12.5. The average molecular weight is 385 g/mol. The molecule has 1 amide bonds. The van der Waals surface area contributed by atoms with Crippen LogP contribution in [0.2, 0.25) is 0 Å². The molecule has 1 aliphatic rings. The zero-order valence-electron chi connectivity index (χ0n) is 16.4. The molecule has 5 nitrogen and oxygen atoms in total. The Morgan fingerprint density at radius 2 is 2.00 bits per heavy atom. The number of benzene rings is 1. The molecule has 0 fully saturated rings. The first-order valence-electron chi connectivity index (χ1n) is 9.66. The van der Waals surface area contributed by atoms with E-state index in [4.69, 9.17) is 0 Å². The van der Waals surface area contributed by atoms with Gasteiger partial charge in [0, 0.05) is 12.2 Å². The van der Waals surface area contributed by atoms with Crippen LogP contribution in [0.4, 0.5) is 0 Å². The number of allylic oxidation sites excluding steroid dienone is 1. The van der Waals surface area contributed by atoms with Gasteiger partial charge >= 0.3 is 0 Å². The monoisotopic (exact) mass is 384 g/mol. The standard InChI is InChI=1S/C21H28N4OS/c1-15-9-11-19(12-10-15)25-17(3)23-24-21(25)27-16(2)20(26)22-14-13-18-7-5-4-6-8-18/h7,9-12,16H,4-6,8,13-14H2,1-3H3,(H,22,26). The third-order valence-electron chi connectivity index (χ3n) is 4.87. The number of nitrogens with one attached hydrogen (secondary N) is 1. The van der Waals surface area contributed by atoms with Crippen molar-refractivity contribution >= 4 is 17.7 Å². The van der Waals surface area contributed by atoms with E-state index in [0.29, 0.717) is 6.54 Å². The molecule has 0 radical (unpaired) electrons. The van der Waals surface area contributed by atoms with Crippen LogP contribution < -0.4 is 5.32 Å². The van der Waals surface area contributed by atoms with Crippen LogP contribution in [0.5, 0.6) is 0 Å². The van der Waals surface area contributed by atoms with Crippen molar-refractivity contribution in [3.05, 3.63) is 47.3 Å². The van der Waals surface area contributed by atoms with E-state index in [9.17, 15) is 4.79 Å². The molecule has 1 N–H and O–H groups in total. The van der Waals surface area contributed by atoms with Crippen molar-refractivity contribution < 1.29 is 4.79 Å². The molecular weight excluding hydrogens is 356 g/mol. The van der Waals surface area contributed by atoms with Gasteiger partial charge in [0.15, 0.2) is 5.16 Å². The largest absolute Gasteiger partial charge is 0.355 e. The summed E-state index contributed by atoms with van der Waals surface area (Å²) in [6.45, 7) is 6.62. The first-order chi connectivity index (χ1) is 13.0. The van der Waals surface area contributed by atoms with Gasteiger partial charge in [0.2, 0.25) is 5.91 Å². The molecule has 3 rings (SSSR count). The minimum Gasteiger partial charge on any atom is -0.355 e. The van der Waals surface area contributed by atoms with Crippen molar-refractivity contribution in [1.82, 2.24) is 20.1 Å². The lowest BCUT2D eigenvalue weighted by atomic mass is 9.97. The van der Waals surface area contributed by atoms with Crippen LogP contribution in [0.25, 0.3) is 5.69 Å². The van der Waals surface area contributed by atoms with Crippen LogP contribution in [0, 0.1) is 13.8 Å². The third kappa shape index (κ3) is 5.22. The van der Waals surface area contributed by atoms with Crippen molar-refractivity contribution in [2.24, 2.45) is 0 Å². The summed E-state index contributed by atoms with van der Waals surface area (Å²) in [7, 11) is 0. The summed E-state index contributed by atoms with van der Waals surface area (Å²) in [5.41, 5.74) is 3.71. The smallest absolute Gasteiger partial charge is 0.233 e. The molecule has 0 bridgehead atoms. The first-order valence-corrected chi connectivity index (χ1v) is 10.5. The van der Waals surface area contributed by atoms with Crippen molar-refractivity contribution in [3.8, 4) is 5.69 Å². The van der Waals surface area contributed by atoms with Crippen molar-refractivity contribution in [1.29, 1.82) is 0 Å². The van der Waals surface area contributed by atoms with Crippen molar-refractivity contribution in [2.45, 2.75) is 63.3 Å². The second-order valence-corrected chi connectivity index (χ2v) is 8.42. The number of aromatic nitrogens is 3. The van der Waals surface area contributed by atoms with E-state index in [2.05, 4.69) is 52.8 Å². The minimum absolute atomic E-state index is 0.0486. The number of amides is 1. The lowest BCUT2D eigenvalue weighted by molar-refractivity contribution is -0.120. The Morgan fingerprint density at radius 3 is 2.70 bits per heavy atom. The normalized spacial score (nSPS) is 15.3. The van der Waals surface area contributed by atoms with E-state index < -0.39 is 0 Å². The molecule has 0 spiro atoms. The predicted molar refractivity (Wildman–Crippen MR) is 110 cm³/mol. The SMILES string of the molecule is Cc1ccc(-n2c(C)nnc2SC(C)C(=O)NCCC2=CCCCC2)cc1. The number of thioether (sulfide) groups is 1. The van der Waals surface area contributed by atoms with E-state index >= 15 is 0 Å². The lowest BCUT2D eigenvalue weighted by Gasteiger charge is -2.15. The molecule has 1 aromatic carbocycles. The van der Waals surface area contributed by atoms with Gasteiger partial charge in [-0.1, -0.05) is 41.1 Å². The molecule has 0 saturated carbocycles. The maximum Gasteiger partial charge on any atom is 0.233 e. The molecule has 0 aliphatic heterocycles. The number of hydrogen-bond donors (Lipinski definition) is 1. The van der Waals surface area contributed by atoms with Crippen LogP contribution in [-0.4, -0.2) is 32.5 Å². The first kappa shape index (κ1) is 19.7. The second-order valence-electron chi connectivity index (χ2n) is 7.11. The zero-order valence-corrected chi connectivity index (χ0v) is 17.2. The summed E-state index contributed by atoms with van der Waals surface area (Å²) in [4.78, 5) is 12.5. The lowest BCUT2D eigenvalue weighted by Crippen LogP contribution is -2.32. The molecule has 1 aliphatic carbocycles. The number of carbonyl (C=O) groups excluding carboxylic acids is 1. The quantitative estimate of drug-likeness (QED) is 0.569. The van der Waals surface area contributed by atoms with E-state index in [1.54, 1.807) is 0 Å². The van der Waals surface area contributed by atoms with Gasteiger partial charge in [0.1, 0.15) is 5.82 Å². The van der Waals surface area contributed by atoms with Gasteiger partial charge in [-0.05, 0) is 65.0 Å². The number of hydrogen-bond acceptors (Lipinski definition) is 4. The van der Waals surface area contributed by atoms with Crippen molar-refractivity contribution in [3.63, 3.8) is 0 Å². The Morgan fingerprint density at radius 1 is 1.22 bits per heavy atom. The van der Waals surface area contributed by atoms with E-state index in [0.717, 1.165) is 23.1 Å². The molecule has 1 unspecified atom stereocenters. The summed E-state index contributed by atoms with van der Waals surface area (Å²) in [5, 5.41) is 12.1. The number of nitrogens with zero attached hydrogens (tertiary/aromatic N) is 3. The molecule has 144 valence electrons. The van der Waals surface area contributed by atoms with Gasteiger partial charge in [-0.15, -0.1) is 10.2 Å². The van der Waals surface area contributed by atoms with Gasteiger partial charge < -0.3 is 5.32 Å². The fourth-order valence-corrected chi connectivity index (χ4v) is 4.18. The number of aryl methyl sites for hydroxylation is 2. The molecular formula is C21H28N4OS. The molecule has 2 aromatic rings. The zero-order chi connectivity index (χ0) is 19.2. The minimum atomic E-state index is -0.224. The van der Waals surface area contributed by atoms with Crippen LogP contribution in [0.15, 0.2) is 41.1 Å². The Labute approximate surface area is 165 Å². The van der Waals surface area contributed by atoms with Gasteiger partial charge in [0.25, 0.3) is 0 Å².